The van der Waals surface area contributed by atoms with Gasteiger partial charge < -0.3 is 15.4 Å². The molecule has 25 heavy (non-hydrogen) atoms. The van der Waals surface area contributed by atoms with E-state index in [0.29, 0.717) is 12.5 Å². The van der Waals surface area contributed by atoms with Crippen molar-refractivity contribution in [3.05, 3.63) is 29.8 Å². The molecule has 6 nitrogen and oxygen atoms in total. The lowest BCUT2D eigenvalue weighted by Crippen LogP contribution is -2.51. The summed E-state index contributed by atoms with van der Waals surface area (Å²) in [4.78, 5) is 28.3. The topological polar surface area (TPSA) is 75.9 Å². The second-order valence-electron chi connectivity index (χ2n) is 6.94. The van der Waals surface area contributed by atoms with Gasteiger partial charge in [-0.2, -0.15) is 0 Å². The Morgan fingerprint density at radius 3 is 2.40 bits per heavy atom. The molecule has 6 heteroatoms. The Hall–Kier alpha value is -2.08. The fourth-order valence-corrected chi connectivity index (χ4v) is 4.01. The molecule has 0 radical (unpaired) electrons. The van der Waals surface area contributed by atoms with E-state index in [2.05, 4.69) is 4.90 Å². The molecule has 2 fully saturated rings. The Labute approximate surface area is 148 Å². The number of amides is 2. The van der Waals surface area contributed by atoms with E-state index >= 15 is 0 Å². The molecule has 0 aliphatic carbocycles. The number of carbonyl (C=O) groups is 2. The molecule has 1 atom stereocenters. The van der Waals surface area contributed by atoms with Crippen LogP contribution in [0.5, 0.6) is 5.75 Å². The van der Waals surface area contributed by atoms with Crippen LogP contribution < -0.4 is 10.5 Å². The van der Waals surface area contributed by atoms with E-state index < -0.39 is 0 Å². The lowest BCUT2D eigenvalue weighted by molar-refractivity contribution is -0.133. The molecule has 0 spiro atoms. The second kappa shape index (κ2) is 7.87. The summed E-state index contributed by atoms with van der Waals surface area (Å²) in [5.41, 5.74) is 6.52. The van der Waals surface area contributed by atoms with Crippen LogP contribution in [0.4, 0.5) is 0 Å². The minimum atomic E-state index is -0.212. The minimum Gasteiger partial charge on any atom is -0.497 e. The summed E-state index contributed by atoms with van der Waals surface area (Å²) in [6, 6.07) is 7.88. The molecule has 136 valence electrons. The van der Waals surface area contributed by atoms with Crippen molar-refractivity contribution < 1.29 is 14.3 Å². The van der Waals surface area contributed by atoms with Crippen LogP contribution in [0.3, 0.4) is 0 Å². The largest absolute Gasteiger partial charge is 0.497 e. The van der Waals surface area contributed by atoms with Gasteiger partial charge in [0.2, 0.25) is 11.8 Å². The Bertz CT molecular complexity index is 609. The van der Waals surface area contributed by atoms with Gasteiger partial charge in [-0.1, -0.05) is 12.1 Å². The van der Waals surface area contributed by atoms with E-state index in [9.17, 15) is 9.59 Å². The van der Waals surface area contributed by atoms with Crippen molar-refractivity contribution in [2.75, 3.05) is 26.7 Å². The molecule has 3 rings (SSSR count). The van der Waals surface area contributed by atoms with Crippen LogP contribution in [-0.2, 0) is 16.0 Å². The van der Waals surface area contributed by atoms with Crippen molar-refractivity contribution in [3.63, 3.8) is 0 Å². The first kappa shape index (κ1) is 17.7. The van der Waals surface area contributed by atoms with Crippen LogP contribution >= 0.6 is 0 Å². The van der Waals surface area contributed by atoms with Gasteiger partial charge in [0.15, 0.2) is 0 Å². The maximum atomic E-state index is 12.5. The van der Waals surface area contributed by atoms with Crippen LogP contribution in [0.15, 0.2) is 24.3 Å². The highest BCUT2D eigenvalue weighted by Gasteiger charge is 2.36. The fraction of sp³-hybridized carbons (Fsp3) is 0.579. The molecule has 2 aliphatic rings. The van der Waals surface area contributed by atoms with Gasteiger partial charge in [0.05, 0.1) is 19.6 Å². The Kier molecular flexibility index (Phi) is 5.58. The number of ether oxygens (including phenoxy) is 1. The summed E-state index contributed by atoms with van der Waals surface area (Å²) in [7, 11) is 1.63. The van der Waals surface area contributed by atoms with Gasteiger partial charge in [0.25, 0.3) is 0 Å². The van der Waals surface area contributed by atoms with Crippen molar-refractivity contribution in [2.24, 2.45) is 5.73 Å². The number of nitrogens with two attached hydrogens (primary N) is 1. The van der Waals surface area contributed by atoms with Crippen molar-refractivity contribution in [1.29, 1.82) is 0 Å². The predicted octanol–water partition coefficient (Wildman–Crippen LogP) is 1.18. The molecule has 2 saturated heterocycles. The third-order valence-corrected chi connectivity index (χ3v) is 5.42. The molecule has 0 bridgehead atoms. The first-order valence-electron chi connectivity index (χ1n) is 9.04. The van der Waals surface area contributed by atoms with E-state index in [4.69, 9.17) is 10.5 Å². The number of primary amides is 1. The van der Waals surface area contributed by atoms with Crippen molar-refractivity contribution in [1.82, 2.24) is 9.80 Å². The first-order valence-corrected chi connectivity index (χ1v) is 9.04. The van der Waals surface area contributed by atoms with E-state index in [1.54, 1.807) is 7.11 Å². The summed E-state index contributed by atoms with van der Waals surface area (Å²) < 4.78 is 5.14. The second-order valence-corrected chi connectivity index (χ2v) is 6.94. The molecular formula is C19H27N3O3. The molecule has 0 saturated carbocycles. The quantitative estimate of drug-likeness (QED) is 0.869. The number of hydrogen-bond acceptors (Lipinski definition) is 4. The van der Waals surface area contributed by atoms with E-state index in [0.717, 1.165) is 56.6 Å². The number of likely N-dealkylation sites (tertiary alicyclic amines) is 2. The van der Waals surface area contributed by atoms with Crippen molar-refractivity contribution >= 4 is 11.8 Å². The number of methoxy groups -OCH3 is 1. The zero-order valence-corrected chi connectivity index (χ0v) is 14.8. The predicted molar refractivity (Wildman–Crippen MR) is 95.2 cm³/mol. The number of nitrogens with zero attached hydrogens (tertiary/aromatic N) is 2. The van der Waals surface area contributed by atoms with Crippen LogP contribution in [0.25, 0.3) is 0 Å². The number of carbonyl (C=O) groups excluding carboxylic acids is 2. The molecule has 2 aliphatic heterocycles. The minimum absolute atomic E-state index is 0.119. The van der Waals surface area contributed by atoms with Gasteiger partial charge in [-0.3, -0.25) is 14.5 Å². The SMILES string of the molecule is COc1ccc(CC(=O)N2CCC(N3CCCC3C(N)=O)CC2)cc1. The zero-order chi connectivity index (χ0) is 17.8. The first-order chi connectivity index (χ1) is 12.1. The van der Waals surface area contributed by atoms with Gasteiger partial charge in [0, 0.05) is 19.1 Å². The summed E-state index contributed by atoms with van der Waals surface area (Å²) in [6.07, 6.45) is 4.15. The smallest absolute Gasteiger partial charge is 0.234 e. The summed E-state index contributed by atoms with van der Waals surface area (Å²) in [5, 5.41) is 0. The van der Waals surface area contributed by atoms with Crippen LogP contribution in [0.2, 0.25) is 0 Å². The number of hydrogen-bond donors (Lipinski definition) is 1. The molecule has 2 N–H and O–H groups in total. The lowest BCUT2D eigenvalue weighted by atomic mass is 10.0. The maximum absolute atomic E-state index is 12.5. The van der Waals surface area contributed by atoms with E-state index in [1.807, 2.05) is 29.2 Å². The van der Waals surface area contributed by atoms with Gasteiger partial charge >= 0.3 is 0 Å². The number of piperidine rings is 1. The van der Waals surface area contributed by atoms with Crippen LogP contribution in [0, 0.1) is 0 Å². The van der Waals surface area contributed by atoms with Crippen LogP contribution in [0.1, 0.15) is 31.2 Å². The third kappa shape index (κ3) is 4.12. The summed E-state index contributed by atoms with van der Waals surface area (Å²) >= 11 is 0. The molecular weight excluding hydrogens is 318 g/mol. The van der Waals surface area contributed by atoms with Crippen molar-refractivity contribution in [3.8, 4) is 5.75 Å². The van der Waals surface area contributed by atoms with E-state index in [-0.39, 0.29) is 17.9 Å². The maximum Gasteiger partial charge on any atom is 0.234 e. The molecule has 1 aromatic carbocycles. The zero-order valence-electron chi connectivity index (χ0n) is 14.8. The fourth-order valence-electron chi connectivity index (χ4n) is 4.01. The Morgan fingerprint density at radius 1 is 1.12 bits per heavy atom. The van der Waals surface area contributed by atoms with Gasteiger partial charge in [-0.15, -0.1) is 0 Å². The highest BCUT2D eigenvalue weighted by atomic mass is 16.5. The van der Waals surface area contributed by atoms with Gasteiger partial charge in [-0.25, -0.2) is 0 Å². The highest BCUT2D eigenvalue weighted by molar-refractivity contribution is 5.80. The van der Waals surface area contributed by atoms with Gasteiger partial charge in [-0.05, 0) is 49.9 Å². The number of benzene rings is 1. The summed E-state index contributed by atoms with van der Waals surface area (Å²) in [6.45, 7) is 2.45. The number of rotatable bonds is 5. The average molecular weight is 345 g/mol. The standard InChI is InChI=1S/C19H27N3O3/c1-25-16-6-4-14(5-7-16)13-18(23)21-11-8-15(9-12-21)22-10-2-3-17(22)19(20)24/h4-7,15,17H,2-3,8-13H2,1H3,(H2,20,24). The van der Waals surface area contributed by atoms with Crippen LogP contribution in [-0.4, -0.2) is 60.4 Å². The molecule has 2 heterocycles. The average Bonchev–Trinajstić information content (AvgIpc) is 3.12. The third-order valence-electron chi connectivity index (χ3n) is 5.42. The van der Waals surface area contributed by atoms with Gasteiger partial charge in [0.1, 0.15) is 5.75 Å². The molecule has 1 aromatic rings. The highest BCUT2D eigenvalue weighted by Crippen LogP contribution is 2.26. The Morgan fingerprint density at radius 2 is 1.80 bits per heavy atom. The molecule has 0 aromatic heterocycles. The van der Waals surface area contributed by atoms with E-state index in [1.165, 1.54) is 0 Å². The Balaban J connectivity index is 1.51. The summed E-state index contributed by atoms with van der Waals surface area (Å²) in [5.74, 6) is 0.749. The lowest BCUT2D eigenvalue weighted by Gasteiger charge is -2.38. The van der Waals surface area contributed by atoms with Crippen molar-refractivity contribution in [2.45, 2.75) is 44.2 Å². The normalized spacial score (nSPS) is 22.1. The monoisotopic (exact) mass is 345 g/mol. The molecule has 2 amide bonds. The molecule has 1 unspecified atom stereocenters.